The second-order valence-electron chi connectivity index (χ2n) is 14.3. The van der Waals surface area contributed by atoms with Crippen LogP contribution in [0.5, 0.6) is 0 Å². The molecule has 4 fully saturated rings. The first-order valence-electron chi connectivity index (χ1n) is 17.8. The van der Waals surface area contributed by atoms with Gasteiger partial charge < -0.3 is 109 Å². The lowest BCUT2D eigenvalue weighted by Crippen LogP contribution is -2.70. The van der Waals surface area contributed by atoms with Crippen LogP contribution in [-0.2, 0) is 52.2 Å². The van der Waals surface area contributed by atoms with Crippen LogP contribution < -0.4 is 0 Å². The Morgan fingerprint density at radius 1 is 0.564 bits per heavy atom. The average molecular weight is 809 g/mol. The Morgan fingerprint density at radius 2 is 0.945 bits per heavy atom. The van der Waals surface area contributed by atoms with E-state index in [1.165, 1.54) is 0 Å². The van der Waals surface area contributed by atoms with Crippen molar-refractivity contribution in [2.75, 3.05) is 26.4 Å². The normalized spacial score (nSPS) is 45.2. The van der Waals surface area contributed by atoms with Gasteiger partial charge in [0.25, 0.3) is 0 Å². The van der Waals surface area contributed by atoms with E-state index in [-0.39, 0.29) is 0 Å². The van der Waals surface area contributed by atoms with E-state index >= 15 is 0 Å². The van der Waals surface area contributed by atoms with Crippen molar-refractivity contribution in [3.63, 3.8) is 0 Å². The molecule has 6 unspecified atom stereocenters. The molecule has 23 heteroatoms. The fourth-order valence-electron chi connectivity index (χ4n) is 6.57. The Morgan fingerprint density at radius 3 is 1.38 bits per heavy atom. The highest BCUT2D eigenvalue weighted by atomic mass is 16.8. The monoisotopic (exact) mass is 808 g/mol. The van der Waals surface area contributed by atoms with E-state index in [9.17, 15) is 66.1 Å². The maximum absolute atomic E-state index is 11.7. The van der Waals surface area contributed by atoms with Gasteiger partial charge in [0, 0.05) is 6.92 Å². The van der Waals surface area contributed by atoms with Gasteiger partial charge in [-0.2, -0.15) is 0 Å². The van der Waals surface area contributed by atoms with E-state index in [2.05, 4.69) is 0 Å². The predicted octanol–water partition coefficient (Wildman–Crippen LogP) is -6.99. The van der Waals surface area contributed by atoms with Crippen LogP contribution >= 0.6 is 0 Å². The molecule has 0 saturated carbocycles. The smallest absolute Gasteiger partial charge is 0.302 e. The van der Waals surface area contributed by atoms with E-state index in [1.54, 1.807) is 27.7 Å². The molecule has 0 radical (unpaired) electrons. The summed E-state index contributed by atoms with van der Waals surface area (Å²) in [6.45, 7) is 4.31. The molecule has 19 atom stereocenters. The Bertz CT molecular complexity index is 1190. The van der Waals surface area contributed by atoms with Gasteiger partial charge in [-0.25, -0.2) is 0 Å². The molecule has 4 aliphatic heterocycles. The molecule has 322 valence electrons. The minimum absolute atomic E-state index is 0.429. The number of hydrogen-bond acceptors (Lipinski definition) is 23. The maximum Gasteiger partial charge on any atom is 0.302 e. The van der Waals surface area contributed by atoms with Crippen molar-refractivity contribution >= 4 is 5.97 Å². The highest BCUT2D eigenvalue weighted by Gasteiger charge is 2.59. The summed E-state index contributed by atoms with van der Waals surface area (Å²) in [7, 11) is 0. The van der Waals surface area contributed by atoms with Crippen LogP contribution in [0.1, 0.15) is 34.6 Å². The van der Waals surface area contributed by atoms with E-state index in [0.29, 0.717) is 0 Å². The Kier molecular flexibility index (Phi) is 16.5. The number of aliphatic hydroxyl groups is 12. The van der Waals surface area contributed by atoms with Crippen molar-refractivity contribution in [1.82, 2.24) is 0 Å². The van der Waals surface area contributed by atoms with Gasteiger partial charge >= 0.3 is 5.97 Å². The minimum atomic E-state index is -3.10. The second kappa shape index (κ2) is 19.6. The molecule has 0 spiro atoms. The van der Waals surface area contributed by atoms with Crippen LogP contribution in [0.3, 0.4) is 0 Å². The number of hydrogen-bond donors (Lipinski definition) is 12. The first-order valence-corrected chi connectivity index (χ1v) is 17.8. The summed E-state index contributed by atoms with van der Waals surface area (Å²) < 4.78 is 55.4. The Labute approximate surface area is 315 Å². The SMILES string of the molecule is CC(=O)OCC1O[C@@H](O[C@@H]2C(CO)O[C@H](OC(C)C)C(O)(O)[C@H]2O)[C@H](O)[C@@H](O)[C@@H]1O[C@@H]1OC(CO)[C@@H](O[C@H]2OC(CO)[C@@H](OC(C)C)[C@H](O)C2O)[C@H](O)C1O. The fraction of sp³-hybridized carbons (Fsp3) is 0.969. The molecule has 0 aromatic heterocycles. The molecular weight excluding hydrogens is 752 g/mol. The Balaban J connectivity index is 1.50. The second-order valence-corrected chi connectivity index (χ2v) is 14.3. The van der Waals surface area contributed by atoms with Gasteiger partial charge in [0.15, 0.2) is 18.9 Å². The van der Waals surface area contributed by atoms with Crippen LogP contribution in [0.4, 0.5) is 0 Å². The Hall–Kier alpha value is -1.37. The molecular formula is C32H56O23. The standard InChI is InChI=1S/C32H56O23/c1-10(2)47-23-13(6-33)49-28(20(40)17(23)37)53-24-14(7-34)50-29(21(41)18(24)38)54-25-16(9-46-12(5)36)51-30(22(42)19(25)39)55-26-15(8-35)52-31(48-11(3)4)32(44,45)27(26)43/h10-11,13-31,33-35,37-45H,6-9H2,1-5H3/t13?,14?,15?,16?,17-,18-,19-,20?,21?,22-,23-,24-,25-,26-,27+,28-,29+,30+,31+/m1/s1. The summed E-state index contributed by atoms with van der Waals surface area (Å²) in [5, 5.41) is 128. The van der Waals surface area contributed by atoms with Gasteiger partial charge in [0.1, 0.15) is 98.2 Å². The van der Waals surface area contributed by atoms with Crippen molar-refractivity contribution in [1.29, 1.82) is 0 Å². The van der Waals surface area contributed by atoms with Gasteiger partial charge in [-0.1, -0.05) is 0 Å². The third kappa shape index (κ3) is 10.4. The van der Waals surface area contributed by atoms with E-state index in [0.717, 1.165) is 6.92 Å². The number of aliphatic hydroxyl groups excluding tert-OH is 10. The largest absolute Gasteiger partial charge is 0.463 e. The molecule has 55 heavy (non-hydrogen) atoms. The zero-order valence-corrected chi connectivity index (χ0v) is 30.8. The topological polar surface area (TPSA) is 352 Å². The fourth-order valence-corrected chi connectivity index (χ4v) is 6.57. The molecule has 0 aromatic carbocycles. The number of esters is 1. The van der Waals surface area contributed by atoms with E-state index in [4.69, 9.17) is 47.4 Å². The molecule has 23 nitrogen and oxygen atoms in total. The third-order valence-electron chi connectivity index (χ3n) is 9.37. The van der Waals surface area contributed by atoms with Crippen molar-refractivity contribution < 1.29 is 113 Å². The summed E-state index contributed by atoms with van der Waals surface area (Å²) in [4.78, 5) is 11.7. The summed E-state index contributed by atoms with van der Waals surface area (Å²) in [5.74, 6) is -3.93. The van der Waals surface area contributed by atoms with Crippen LogP contribution in [0, 0.1) is 0 Å². The van der Waals surface area contributed by atoms with E-state index in [1.807, 2.05) is 0 Å². The van der Waals surface area contributed by atoms with Crippen LogP contribution in [0.15, 0.2) is 0 Å². The average Bonchev–Trinajstić information content (AvgIpc) is 3.12. The summed E-state index contributed by atoms with van der Waals surface area (Å²) in [5.41, 5.74) is 0. The van der Waals surface area contributed by atoms with Crippen molar-refractivity contribution in [2.45, 2.75) is 169 Å². The van der Waals surface area contributed by atoms with Crippen molar-refractivity contribution in [3.05, 3.63) is 0 Å². The molecule has 12 N–H and O–H groups in total. The lowest BCUT2D eigenvalue weighted by molar-refractivity contribution is -0.429. The summed E-state index contributed by atoms with van der Waals surface area (Å²) >= 11 is 0. The number of ether oxygens (including phenoxy) is 10. The van der Waals surface area contributed by atoms with Gasteiger partial charge in [-0.3, -0.25) is 4.79 Å². The van der Waals surface area contributed by atoms with Gasteiger partial charge in [-0.05, 0) is 27.7 Å². The molecule has 4 rings (SSSR count). The van der Waals surface area contributed by atoms with Crippen LogP contribution in [-0.4, -0.2) is 228 Å². The molecule has 0 amide bonds. The molecule has 4 aliphatic rings. The molecule has 0 aliphatic carbocycles. The zero-order valence-electron chi connectivity index (χ0n) is 30.8. The molecule has 4 saturated heterocycles. The summed E-state index contributed by atoms with van der Waals surface area (Å²) in [6, 6.07) is 0. The lowest BCUT2D eigenvalue weighted by Gasteiger charge is -2.50. The number of rotatable bonds is 15. The van der Waals surface area contributed by atoms with Gasteiger partial charge in [0.2, 0.25) is 12.1 Å². The van der Waals surface area contributed by atoms with Gasteiger partial charge in [-0.15, -0.1) is 0 Å². The van der Waals surface area contributed by atoms with Crippen LogP contribution in [0.2, 0.25) is 0 Å². The lowest BCUT2D eigenvalue weighted by atomic mass is 9.94. The highest BCUT2D eigenvalue weighted by molar-refractivity contribution is 5.65. The molecule has 0 bridgehead atoms. The molecule has 0 aromatic rings. The summed E-state index contributed by atoms with van der Waals surface area (Å²) in [6.07, 6.45) is -34.6. The quantitative estimate of drug-likeness (QED) is 0.0540. The van der Waals surface area contributed by atoms with Gasteiger partial charge in [0.05, 0.1) is 32.0 Å². The van der Waals surface area contributed by atoms with E-state index < -0.39 is 167 Å². The molecule has 4 heterocycles. The maximum atomic E-state index is 11.7. The number of carbonyl (C=O) groups is 1. The van der Waals surface area contributed by atoms with Crippen molar-refractivity contribution in [2.24, 2.45) is 0 Å². The highest BCUT2D eigenvalue weighted by Crippen LogP contribution is 2.36. The minimum Gasteiger partial charge on any atom is -0.463 e. The first-order chi connectivity index (χ1) is 25.8. The van der Waals surface area contributed by atoms with Crippen LogP contribution in [0.25, 0.3) is 0 Å². The zero-order chi connectivity index (χ0) is 41.1. The predicted molar refractivity (Wildman–Crippen MR) is 173 cm³/mol. The third-order valence-corrected chi connectivity index (χ3v) is 9.37. The van der Waals surface area contributed by atoms with Crippen molar-refractivity contribution in [3.8, 4) is 0 Å². The first kappa shape index (κ1) is 46.3. The number of carbonyl (C=O) groups excluding carboxylic acids is 1.